The van der Waals surface area contributed by atoms with Gasteiger partial charge in [-0.1, -0.05) is 11.3 Å². The standard InChI is InChI=1S/C12H15N3O3S3/c1-21(17,18)5-4-19-7-11(16)15-12-14-9-3-2-8(13)6-10(9)20-12/h2-3,6H,4-5,7,13H2,1H3,(H,14,15,16). The molecule has 0 bridgehead atoms. The number of nitrogens with zero attached hydrogens (tertiary/aromatic N) is 1. The normalized spacial score (nSPS) is 11.7. The lowest BCUT2D eigenvalue weighted by Gasteiger charge is -2.01. The number of fused-ring (bicyclic) bond motifs is 1. The second-order valence-corrected chi connectivity index (χ2v) is 8.87. The molecule has 0 aliphatic carbocycles. The van der Waals surface area contributed by atoms with Crippen LogP contribution in [0, 0.1) is 0 Å². The van der Waals surface area contributed by atoms with E-state index in [4.69, 9.17) is 5.73 Å². The first-order chi connectivity index (χ1) is 9.83. The van der Waals surface area contributed by atoms with E-state index in [-0.39, 0.29) is 17.4 Å². The second-order valence-electron chi connectivity index (χ2n) is 4.48. The SMILES string of the molecule is CS(=O)(=O)CCSCC(=O)Nc1nc2ccc(N)cc2s1. The lowest BCUT2D eigenvalue weighted by Crippen LogP contribution is -2.15. The first-order valence-electron chi connectivity index (χ1n) is 6.05. The molecule has 0 unspecified atom stereocenters. The predicted octanol–water partition coefficient (Wildman–Crippen LogP) is 1.59. The summed E-state index contributed by atoms with van der Waals surface area (Å²) in [5.74, 6) is 0.488. The molecule has 0 aliphatic heterocycles. The van der Waals surface area contributed by atoms with Crippen molar-refractivity contribution in [1.29, 1.82) is 0 Å². The molecule has 2 aromatic rings. The molecule has 0 spiro atoms. The summed E-state index contributed by atoms with van der Waals surface area (Å²) in [7, 11) is -2.98. The monoisotopic (exact) mass is 345 g/mol. The first kappa shape index (κ1) is 16.1. The van der Waals surface area contributed by atoms with Gasteiger partial charge < -0.3 is 11.1 Å². The van der Waals surface area contributed by atoms with Crippen LogP contribution in [0.4, 0.5) is 10.8 Å². The van der Waals surface area contributed by atoms with Gasteiger partial charge in [-0.2, -0.15) is 11.8 Å². The van der Waals surface area contributed by atoms with Gasteiger partial charge in [-0.15, -0.1) is 0 Å². The Labute approximate surface area is 131 Å². The zero-order valence-electron chi connectivity index (χ0n) is 11.3. The van der Waals surface area contributed by atoms with Crippen LogP contribution in [0.3, 0.4) is 0 Å². The fraction of sp³-hybridized carbons (Fsp3) is 0.333. The maximum atomic E-state index is 11.7. The van der Waals surface area contributed by atoms with Crippen LogP contribution in [0.2, 0.25) is 0 Å². The summed E-state index contributed by atoms with van der Waals surface area (Å²) in [6.45, 7) is 0. The van der Waals surface area contributed by atoms with E-state index in [2.05, 4.69) is 10.3 Å². The van der Waals surface area contributed by atoms with Crippen molar-refractivity contribution in [2.75, 3.05) is 34.6 Å². The number of nitrogens with one attached hydrogen (secondary N) is 1. The molecule has 1 aromatic carbocycles. The summed E-state index contributed by atoms with van der Waals surface area (Å²) in [6.07, 6.45) is 1.18. The third kappa shape index (κ3) is 5.18. The van der Waals surface area contributed by atoms with Crippen molar-refractivity contribution in [2.24, 2.45) is 0 Å². The van der Waals surface area contributed by atoms with E-state index in [0.717, 1.165) is 10.2 Å². The third-order valence-electron chi connectivity index (χ3n) is 2.49. The van der Waals surface area contributed by atoms with Gasteiger partial charge in [0.1, 0.15) is 9.84 Å². The molecular formula is C12H15N3O3S3. The number of sulfone groups is 1. The largest absolute Gasteiger partial charge is 0.399 e. The zero-order chi connectivity index (χ0) is 15.5. The van der Waals surface area contributed by atoms with E-state index in [1.807, 2.05) is 6.07 Å². The smallest absolute Gasteiger partial charge is 0.236 e. The number of hydrogen-bond donors (Lipinski definition) is 2. The van der Waals surface area contributed by atoms with E-state index >= 15 is 0 Å². The van der Waals surface area contributed by atoms with Crippen molar-refractivity contribution in [3.05, 3.63) is 18.2 Å². The van der Waals surface area contributed by atoms with E-state index < -0.39 is 9.84 Å². The van der Waals surface area contributed by atoms with Gasteiger partial charge in [-0.05, 0) is 18.2 Å². The number of hydrogen-bond acceptors (Lipinski definition) is 7. The average Bonchev–Trinajstić information content (AvgIpc) is 2.74. The van der Waals surface area contributed by atoms with Gasteiger partial charge in [-0.3, -0.25) is 4.79 Å². The van der Waals surface area contributed by atoms with E-state index in [9.17, 15) is 13.2 Å². The number of amides is 1. The van der Waals surface area contributed by atoms with Crippen LogP contribution in [-0.2, 0) is 14.6 Å². The van der Waals surface area contributed by atoms with Crippen LogP contribution in [-0.4, -0.2) is 42.8 Å². The molecular weight excluding hydrogens is 330 g/mol. The summed E-state index contributed by atoms with van der Waals surface area (Å²) in [5.41, 5.74) is 7.13. The van der Waals surface area contributed by atoms with Crippen LogP contribution in [0.5, 0.6) is 0 Å². The number of benzene rings is 1. The van der Waals surface area contributed by atoms with Crippen molar-refractivity contribution in [3.63, 3.8) is 0 Å². The molecule has 0 saturated heterocycles. The highest BCUT2D eigenvalue weighted by Crippen LogP contribution is 2.27. The molecule has 0 atom stereocenters. The Bertz CT molecular complexity index is 755. The van der Waals surface area contributed by atoms with Gasteiger partial charge in [-0.25, -0.2) is 13.4 Å². The summed E-state index contributed by atoms with van der Waals surface area (Å²) in [4.78, 5) is 16.0. The third-order valence-corrected chi connectivity index (χ3v) is 5.59. The first-order valence-corrected chi connectivity index (χ1v) is 10.1. The maximum absolute atomic E-state index is 11.7. The zero-order valence-corrected chi connectivity index (χ0v) is 13.8. The number of thioether (sulfide) groups is 1. The maximum Gasteiger partial charge on any atom is 0.236 e. The molecule has 9 heteroatoms. The summed E-state index contributed by atoms with van der Waals surface area (Å²) in [5, 5.41) is 3.22. The van der Waals surface area contributed by atoms with Crippen molar-refractivity contribution in [2.45, 2.75) is 0 Å². The Morgan fingerprint density at radius 1 is 1.48 bits per heavy atom. The Balaban J connectivity index is 1.86. The molecule has 1 heterocycles. The van der Waals surface area contributed by atoms with Gasteiger partial charge in [0.05, 0.1) is 21.7 Å². The lowest BCUT2D eigenvalue weighted by molar-refractivity contribution is -0.113. The highest BCUT2D eigenvalue weighted by atomic mass is 32.2. The minimum atomic E-state index is -2.98. The van der Waals surface area contributed by atoms with Crippen molar-refractivity contribution < 1.29 is 13.2 Å². The molecule has 1 amide bonds. The van der Waals surface area contributed by atoms with E-state index in [0.29, 0.717) is 16.6 Å². The Kier molecular flexibility index (Phi) is 5.07. The summed E-state index contributed by atoms with van der Waals surface area (Å²) < 4.78 is 22.8. The minimum Gasteiger partial charge on any atom is -0.399 e. The van der Waals surface area contributed by atoms with Crippen LogP contribution in [0.1, 0.15) is 0 Å². The van der Waals surface area contributed by atoms with Crippen LogP contribution in [0.15, 0.2) is 18.2 Å². The average molecular weight is 345 g/mol. The molecule has 0 fully saturated rings. The minimum absolute atomic E-state index is 0.0748. The van der Waals surface area contributed by atoms with Gasteiger partial charge in [0.2, 0.25) is 5.91 Å². The van der Waals surface area contributed by atoms with Crippen molar-refractivity contribution in [1.82, 2.24) is 4.98 Å². The molecule has 2 rings (SSSR count). The fourth-order valence-electron chi connectivity index (χ4n) is 1.53. The van der Waals surface area contributed by atoms with Crippen LogP contribution >= 0.6 is 23.1 Å². The van der Waals surface area contributed by atoms with Gasteiger partial charge in [0.15, 0.2) is 5.13 Å². The molecule has 6 nitrogen and oxygen atoms in total. The second kappa shape index (κ2) is 6.63. The Morgan fingerprint density at radius 3 is 2.95 bits per heavy atom. The number of thiazole rings is 1. The molecule has 0 aliphatic rings. The Hall–Kier alpha value is -1.32. The lowest BCUT2D eigenvalue weighted by atomic mass is 10.3. The number of anilines is 2. The van der Waals surface area contributed by atoms with E-state index in [1.165, 1.54) is 29.4 Å². The fourth-order valence-corrected chi connectivity index (χ4v) is 4.54. The molecule has 21 heavy (non-hydrogen) atoms. The molecule has 114 valence electrons. The molecule has 0 radical (unpaired) electrons. The van der Waals surface area contributed by atoms with E-state index in [1.54, 1.807) is 12.1 Å². The quantitative estimate of drug-likeness (QED) is 0.609. The predicted molar refractivity (Wildman–Crippen MR) is 89.7 cm³/mol. The molecule has 3 N–H and O–H groups in total. The van der Waals surface area contributed by atoms with Crippen molar-refractivity contribution in [3.8, 4) is 0 Å². The van der Waals surface area contributed by atoms with Gasteiger partial charge >= 0.3 is 0 Å². The number of carbonyl (C=O) groups excluding carboxylic acids is 1. The molecule has 1 aromatic heterocycles. The number of rotatable bonds is 6. The molecule has 0 saturated carbocycles. The number of carbonyl (C=O) groups is 1. The topological polar surface area (TPSA) is 102 Å². The van der Waals surface area contributed by atoms with Gasteiger partial charge in [0.25, 0.3) is 0 Å². The van der Waals surface area contributed by atoms with Crippen molar-refractivity contribution >= 4 is 59.9 Å². The summed E-state index contributed by atoms with van der Waals surface area (Å²) in [6, 6.07) is 5.37. The van der Waals surface area contributed by atoms with Crippen LogP contribution in [0.25, 0.3) is 10.2 Å². The van der Waals surface area contributed by atoms with Gasteiger partial charge in [0, 0.05) is 17.7 Å². The highest BCUT2D eigenvalue weighted by Gasteiger charge is 2.09. The number of aromatic nitrogens is 1. The highest BCUT2D eigenvalue weighted by molar-refractivity contribution is 8.01. The number of nitrogens with two attached hydrogens (primary N) is 1. The number of nitrogen functional groups attached to an aromatic ring is 1. The summed E-state index contributed by atoms with van der Waals surface area (Å²) >= 11 is 2.64. The Morgan fingerprint density at radius 2 is 2.24 bits per heavy atom. The van der Waals surface area contributed by atoms with Crippen LogP contribution < -0.4 is 11.1 Å².